The molecule has 149 heavy (non-hydrogen) atoms. The zero-order chi connectivity index (χ0) is 108. The molecule has 9 aromatic rings. The van der Waals surface area contributed by atoms with Gasteiger partial charge in [-0.2, -0.15) is 0 Å². The molecule has 0 saturated heterocycles. The zero-order valence-electron chi connectivity index (χ0n) is 92.7. The Hall–Kier alpha value is -6.77. The van der Waals surface area contributed by atoms with Crippen LogP contribution in [0.5, 0.6) is 0 Å². The summed E-state index contributed by atoms with van der Waals surface area (Å²) in [6, 6.07) is 34.9. The second-order valence-corrected chi connectivity index (χ2v) is 49.6. The third-order valence-corrected chi connectivity index (χ3v) is 37.9. The fourth-order valence-electron chi connectivity index (χ4n) is 25.0. The molecule has 0 bridgehead atoms. The monoisotopic (exact) mass is 2170 g/mol. The van der Waals surface area contributed by atoms with E-state index < -0.39 is 46.5 Å². The summed E-state index contributed by atoms with van der Waals surface area (Å²) in [4.78, 5) is 0. The number of halogens is 17. The average molecular weight is 2170 g/mol. The Bertz CT molecular complexity index is 5000. The van der Waals surface area contributed by atoms with Gasteiger partial charge in [0.05, 0.1) is 20.1 Å². The van der Waals surface area contributed by atoms with Gasteiger partial charge >= 0.3 is 0 Å². The summed E-state index contributed by atoms with van der Waals surface area (Å²) in [6.45, 7) is 36.0. The van der Waals surface area contributed by atoms with Gasteiger partial charge in [-0.1, -0.05) is 333 Å². The molecule has 10 aliphatic carbocycles. The van der Waals surface area contributed by atoms with Crippen LogP contribution in [0.25, 0.3) is 0 Å². The lowest BCUT2D eigenvalue weighted by Gasteiger charge is -2.37. The van der Waals surface area contributed by atoms with E-state index in [1.807, 2.05) is 81.4 Å². The highest BCUT2D eigenvalue weighted by Gasteiger charge is 2.36. The van der Waals surface area contributed by atoms with Gasteiger partial charge < -0.3 is 0 Å². The van der Waals surface area contributed by atoms with Crippen LogP contribution in [0.2, 0.25) is 20.1 Å². The van der Waals surface area contributed by atoms with Gasteiger partial charge in [0, 0.05) is 14.3 Å². The minimum absolute atomic E-state index is 0. The minimum atomic E-state index is -0.670. The maximum absolute atomic E-state index is 14.2. The highest BCUT2D eigenvalue weighted by atomic mass is 35.5. The summed E-state index contributed by atoms with van der Waals surface area (Å²) in [6.07, 6.45) is 46.1. The first kappa shape index (κ1) is 122. The van der Waals surface area contributed by atoms with Crippen LogP contribution in [0.4, 0.5) is 57.1 Å². The van der Waals surface area contributed by atoms with Gasteiger partial charge in [0.2, 0.25) is 0 Å². The lowest BCUT2D eigenvalue weighted by atomic mass is 9.68. The third kappa shape index (κ3) is 34.4. The first-order valence-corrected chi connectivity index (χ1v) is 58.7. The van der Waals surface area contributed by atoms with E-state index in [-0.39, 0.29) is 67.0 Å². The van der Waals surface area contributed by atoms with Gasteiger partial charge in [-0.3, -0.25) is 0 Å². The van der Waals surface area contributed by atoms with Crippen molar-refractivity contribution in [2.24, 2.45) is 65.1 Å². The summed E-state index contributed by atoms with van der Waals surface area (Å²) < 4.78 is 179. The summed E-state index contributed by atoms with van der Waals surface area (Å²) in [7, 11) is 0. The predicted octanol–water partition coefficient (Wildman–Crippen LogP) is 47.3. The topological polar surface area (TPSA) is 0 Å². The molecule has 0 spiro atoms. The predicted molar refractivity (Wildman–Crippen MR) is 620 cm³/mol. The molecule has 10 saturated carbocycles. The third-order valence-electron chi connectivity index (χ3n) is 36.2. The van der Waals surface area contributed by atoms with Crippen molar-refractivity contribution in [2.45, 2.75) is 435 Å². The van der Waals surface area contributed by atoms with Crippen LogP contribution >= 0.6 is 46.4 Å². The van der Waals surface area contributed by atoms with E-state index in [2.05, 4.69) is 62.3 Å². The van der Waals surface area contributed by atoms with E-state index in [4.69, 9.17) is 46.4 Å². The lowest BCUT2D eigenvalue weighted by Crippen LogP contribution is -2.25. The molecule has 10 aliphatic rings. The van der Waals surface area contributed by atoms with E-state index in [1.54, 1.807) is 96.1 Å². The van der Waals surface area contributed by atoms with Crippen molar-refractivity contribution in [1.82, 2.24) is 0 Å². The molecule has 0 unspecified atom stereocenters. The zero-order valence-corrected chi connectivity index (χ0v) is 95.8. The van der Waals surface area contributed by atoms with Crippen LogP contribution in [-0.4, -0.2) is 0 Å². The highest BCUT2D eigenvalue weighted by molar-refractivity contribution is 6.32. The Morgan fingerprint density at radius 2 is 0.315 bits per heavy atom. The first-order valence-electron chi connectivity index (χ1n) is 57.2. The van der Waals surface area contributed by atoms with Gasteiger partial charge in [0.15, 0.2) is 46.5 Å². The van der Waals surface area contributed by atoms with E-state index in [9.17, 15) is 57.1 Å². The van der Waals surface area contributed by atoms with Crippen LogP contribution in [0.1, 0.15) is 487 Å². The summed E-state index contributed by atoms with van der Waals surface area (Å²) >= 11 is 24.1. The van der Waals surface area contributed by atoms with Gasteiger partial charge in [-0.25, -0.2) is 57.1 Å². The summed E-state index contributed by atoms with van der Waals surface area (Å²) in [5.41, 5.74) is 12.5. The molecule has 0 atom stereocenters. The van der Waals surface area contributed by atoms with Crippen molar-refractivity contribution >= 4 is 46.4 Å². The van der Waals surface area contributed by atoms with Crippen LogP contribution in [0.3, 0.4) is 0 Å². The smallest absolute Gasteiger partial charge is 0.162 e. The minimum Gasteiger partial charge on any atom is -0.207 e. The maximum Gasteiger partial charge on any atom is 0.162 e. The first-order chi connectivity index (χ1) is 70.9. The number of hydrogen-bond acceptors (Lipinski definition) is 0. The van der Waals surface area contributed by atoms with Gasteiger partial charge in [0.1, 0.15) is 29.1 Å². The normalized spacial score (nSPS) is 26.9. The van der Waals surface area contributed by atoms with Crippen molar-refractivity contribution in [3.63, 3.8) is 0 Å². The average Bonchev–Trinajstić information content (AvgIpc) is 0.881. The quantitative estimate of drug-likeness (QED) is 0.120. The van der Waals surface area contributed by atoms with Gasteiger partial charge in [-0.05, 0) is 428 Å². The number of benzene rings is 9. The molecular weight excluding hydrogens is 1970 g/mol. The SMILES string of the molecule is Cc1ccc(C2CCC(C)CC2)c(Cl)c1F.Cc1ccc(C2CCC(C)CC2)c(Cl)c1F.Cc1ccc(C2CCC(C)CC2)c(F)c1.Cc1ccc(C2CCC(C)CC2)c(F)c1Cl.Cc1ccc(C2CCC(C)CC2)c(F)c1Cl.Cc1ccc(C2CCC(C)CC2)c(F)c1F.Cc1ccc(C2CCC(C)CC2)c(F)c1F.Cc1ccc(C2CCC(C)CC2)c(F)c1F.Cc1ccc(C2CCC(C3CCC(C)CC3)CC2)c(F)c1F.[HH].[HH].[HH].[HH].[HH].[HH].[HH].[HH].[HH].[HH]. The van der Waals surface area contributed by atoms with Crippen LogP contribution < -0.4 is 0 Å². The molecule has 19 rings (SSSR count). The molecule has 0 heterocycles. The molecule has 840 valence electrons. The lowest BCUT2D eigenvalue weighted by molar-refractivity contribution is 0.164. The van der Waals surface area contributed by atoms with E-state index in [1.165, 1.54) is 103 Å². The molecular formula is C132H193Cl4F13. The van der Waals surface area contributed by atoms with Crippen LogP contribution in [-0.2, 0) is 0 Å². The standard InChI is InChI=1S/C20H28F2.4C14H18ClF.3C14H18F2.C14H19F.10H2/c1-13-3-6-15(7-4-13)16-8-10-17(11-9-16)18-12-5-14(2)19(21)20(18)22;2*1-9-3-6-11(7-4-9)12-8-5-10(2)14(16)13(12)15;5*1-9-3-6-11(7-4-9)12-8-5-10(2)13(15)14(12)16;1-10-3-6-12(7-4-10)13-8-5-11(2)9-14(13)15;;;;;;;;;;/h5,12-13,15-17H,3-4,6-11H2,1-2H3;7*5,8-9,11H,3-4,6-7H2,1-2H3;5,8-10,12H,3-4,6-7H2,1-2H3;10*1H. The maximum atomic E-state index is 14.2. The molecule has 0 amide bonds. The fourth-order valence-corrected chi connectivity index (χ4v) is 26.1. The van der Waals surface area contributed by atoms with Gasteiger partial charge in [0.25, 0.3) is 0 Å². The van der Waals surface area contributed by atoms with E-state index >= 15 is 0 Å². The van der Waals surface area contributed by atoms with E-state index in [0.29, 0.717) is 105 Å². The van der Waals surface area contributed by atoms with Crippen LogP contribution in [0, 0.1) is 203 Å². The Kier molecular flexibility index (Phi) is 48.4. The second-order valence-electron chi connectivity index (χ2n) is 48.1. The number of rotatable bonds is 10. The molecule has 17 heteroatoms. The van der Waals surface area contributed by atoms with Crippen molar-refractivity contribution in [1.29, 1.82) is 0 Å². The molecule has 0 nitrogen and oxygen atoms in total. The Labute approximate surface area is 923 Å². The summed E-state index contributed by atoms with van der Waals surface area (Å²) in [5.74, 6) is 5.80. The molecule has 9 aromatic carbocycles. The van der Waals surface area contributed by atoms with Crippen molar-refractivity contribution in [3.05, 3.63) is 311 Å². The highest BCUT2D eigenvalue weighted by Crippen LogP contribution is 2.50. The van der Waals surface area contributed by atoms with Crippen molar-refractivity contribution < 1.29 is 71.3 Å². The number of hydrogen-bond donors (Lipinski definition) is 0. The second kappa shape index (κ2) is 58.9. The Morgan fingerprint density at radius 1 is 0.161 bits per heavy atom. The number of aryl methyl sites for hydroxylation is 9. The molecule has 0 aliphatic heterocycles. The fraction of sp³-hybridized carbons (Fsp3) is 0.591. The molecule has 0 aromatic heterocycles. The van der Waals surface area contributed by atoms with Crippen LogP contribution in [0.15, 0.2) is 115 Å². The van der Waals surface area contributed by atoms with Crippen molar-refractivity contribution in [3.8, 4) is 0 Å². The molecule has 10 fully saturated rings. The largest absolute Gasteiger partial charge is 0.207 e. The molecule has 0 N–H and O–H groups in total. The van der Waals surface area contributed by atoms with Gasteiger partial charge in [-0.15, -0.1) is 0 Å². The Balaban J connectivity index is 0.000000889. The summed E-state index contributed by atoms with van der Waals surface area (Å²) in [5, 5.41) is 1.30. The molecule has 0 radical (unpaired) electrons. The van der Waals surface area contributed by atoms with E-state index in [0.717, 1.165) is 264 Å². The van der Waals surface area contributed by atoms with Crippen molar-refractivity contribution in [2.75, 3.05) is 0 Å². The Morgan fingerprint density at radius 3 is 0.530 bits per heavy atom.